The molecular formula is C15H18N4O. The quantitative estimate of drug-likeness (QED) is 0.867. The maximum absolute atomic E-state index is 6.47. The van der Waals surface area contributed by atoms with Gasteiger partial charge in [-0.1, -0.05) is 24.3 Å². The van der Waals surface area contributed by atoms with Crippen LogP contribution in [0.4, 0.5) is 5.95 Å². The number of rotatable bonds is 2. The zero-order chi connectivity index (χ0) is 14.0. The zero-order valence-corrected chi connectivity index (χ0v) is 11.2. The maximum atomic E-state index is 6.47. The average molecular weight is 270 g/mol. The highest BCUT2D eigenvalue weighted by atomic mass is 16.5. The van der Waals surface area contributed by atoms with E-state index in [0.29, 0.717) is 0 Å². The predicted octanol–water partition coefficient (Wildman–Crippen LogP) is 1.69. The van der Waals surface area contributed by atoms with E-state index in [2.05, 4.69) is 22.1 Å². The van der Waals surface area contributed by atoms with Crippen molar-refractivity contribution >= 4 is 5.95 Å². The van der Waals surface area contributed by atoms with E-state index >= 15 is 0 Å². The third kappa shape index (κ3) is 2.50. The highest BCUT2D eigenvalue weighted by Crippen LogP contribution is 2.30. The molecule has 20 heavy (non-hydrogen) atoms. The minimum atomic E-state index is -0.269. The van der Waals surface area contributed by atoms with Crippen molar-refractivity contribution in [3.8, 4) is 11.1 Å². The standard InChI is InChI=1S/C15H18N4O/c16-14-18-9-12(10-19-14)11-1-3-13(4-2-11)15(17)5-7-20-8-6-15/h1-4,9-10H,5-8,17H2,(H2,16,18,19). The Balaban J connectivity index is 1.85. The van der Waals surface area contributed by atoms with E-state index in [1.54, 1.807) is 12.4 Å². The number of anilines is 1. The number of aromatic nitrogens is 2. The molecule has 0 amide bonds. The first-order valence-electron chi connectivity index (χ1n) is 6.72. The molecule has 3 rings (SSSR count). The Labute approximate surface area is 118 Å². The number of hydrogen-bond acceptors (Lipinski definition) is 5. The second kappa shape index (κ2) is 5.19. The first-order chi connectivity index (χ1) is 9.67. The molecule has 4 N–H and O–H groups in total. The van der Waals surface area contributed by atoms with Crippen LogP contribution in [0.5, 0.6) is 0 Å². The second-order valence-electron chi connectivity index (χ2n) is 5.18. The Bertz CT molecular complexity index is 574. The van der Waals surface area contributed by atoms with Gasteiger partial charge in [-0.2, -0.15) is 0 Å². The molecule has 1 aliphatic rings. The SMILES string of the molecule is Nc1ncc(-c2ccc(C3(N)CCOCC3)cc2)cn1. The highest BCUT2D eigenvalue weighted by molar-refractivity contribution is 5.62. The molecule has 0 spiro atoms. The summed E-state index contributed by atoms with van der Waals surface area (Å²) in [4.78, 5) is 8.01. The van der Waals surface area contributed by atoms with Crippen LogP contribution in [0.25, 0.3) is 11.1 Å². The largest absolute Gasteiger partial charge is 0.381 e. The number of nitrogens with two attached hydrogens (primary N) is 2. The lowest BCUT2D eigenvalue weighted by Gasteiger charge is -2.33. The van der Waals surface area contributed by atoms with Gasteiger partial charge in [-0.15, -0.1) is 0 Å². The number of hydrogen-bond donors (Lipinski definition) is 2. The second-order valence-corrected chi connectivity index (χ2v) is 5.18. The fourth-order valence-electron chi connectivity index (χ4n) is 2.51. The van der Waals surface area contributed by atoms with Crippen molar-refractivity contribution in [1.29, 1.82) is 0 Å². The van der Waals surface area contributed by atoms with Gasteiger partial charge in [0.2, 0.25) is 5.95 Å². The summed E-state index contributed by atoms with van der Waals surface area (Å²) in [7, 11) is 0. The van der Waals surface area contributed by atoms with Gasteiger partial charge in [0.25, 0.3) is 0 Å². The molecule has 0 radical (unpaired) electrons. The molecule has 2 aromatic rings. The summed E-state index contributed by atoms with van der Waals surface area (Å²) in [6.07, 6.45) is 5.17. The Morgan fingerprint density at radius 2 is 1.55 bits per heavy atom. The summed E-state index contributed by atoms with van der Waals surface area (Å²) in [5.74, 6) is 0.286. The molecule has 0 saturated carbocycles. The molecule has 0 bridgehead atoms. The van der Waals surface area contributed by atoms with Gasteiger partial charge in [-0.3, -0.25) is 0 Å². The van der Waals surface area contributed by atoms with Gasteiger partial charge in [0, 0.05) is 36.7 Å². The monoisotopic (exact) mass is 270 g/mol. The Hall–Kier alpha value is -1.98. The van der Waals surface area contributed by atoms with E-state index in [9.17, 15) is 0 Å². The lowest BCUT2D eigenvalue weighted by atomic mass is 9.83. The summed E-state index contributed by atoms with van der Waals surface area (Å²) in [6, 6.07) is 8.26. The first kappa shape index (κ1) is 13.0. The smallest absolute Gasteiger partial charge is 0.219 e. The molecule has 2 heterocycles. The van der Waals surface area contributed by atoms with Gasteiger partial charge in [0.05, 0.1) is 0 Å². The molecule has 5 nitrogen and oxygen atoms in total. The first-order valence-corrected chi connectivity index (χ1v) is 6.72. The molecule has 5 heteroatoms. The van der Waals surface area contributed by atoms with Crippen molar-refractivity contribution in [2.75, 3.05) is 18.9 Å². The van der Waals surface area contributed by atoms with Crippen molar-refractivity contribution in [1.82, 2.24) is 9.97 Å². The van der Waals surface area contributed by atoms with Crippen molar-refractivity contribution < 1.29 is 4.74 Å². The van der Waals surface area contributed by atoms with E-state index in [4.69, 9.17) is 16.2 Å². The molecule has 0 unspecified atom stereocenters. The van der Waals surface area contributed by atoms with E-state index in [0.717, 1.165) is 42.7 Å². The summed E-state index contributed by atoms with van der Waals surface area (Å²) < 4.78 is 5.38. The van der Waals surface area contributed by atoms with Gasteiger partial charge in [0.1, 0.15) is 0 Å². The molecule has 1 aliphatic heterocycles. The van der Waals surface area contributed by atoms with E-state index in [1.165, 1.54) is 0 Å². The maximum Gasteiger partial charge on any atom is 0.219 e. The van der Waals surface area contributed by atoms with Crippen LogP contribution in [0.1, 0.15) is 18.4 Å². The van der Waals surface area contributed by atoms with Crippen LogP contribution in [0.3, 0.4) is 0 Å². The van der Waals surface area contributed by atoms with E-state index < -0.39 is 0 Å². The van der Waals surface area contributed by atoms with Gasteiger partial charge in [-0.05, 0) is 24.0 Å². The van der Waals surface area contributed by atoms with Crippen molar-refractivity contribution in [3.05, 3.63) is 42.2 Å². The van der Waals surface area contributed by atoms with Crippen molar-refractivity contribution in [2.24, 2.45) is 5.73 Å². The normalized spacial score (nSPS) is 17.9. The lowest BCUT2D eigenvalue weighted by molar-refractivity contribution is 0.0522. The van der Waals surface area contributed by atoms with Crippen LogP contribution in [0, 0.1) is 0 Å². The fourth-order valence-corrected chi connectivity index (χ4v) is 2.51. The van der Waals surface area contributed by atoms with Gasteiger partial charge in [0.15, 0.2) is 0 Å². The summed E-state index contributed by atoms with van der Waals surface area (Å²) in [5, 5.41) is 0. The number of benzene rings is 1. The number of ether oxygens (including phenoxy) is 1. The van der Waals surface area contributed by atoms with Gasteiger partial charge < -0.3 is 16.2 Å². The number of nitrogen functional groups attached to an aromatic ring is 1. The Kier molecular flexibility index (Phi) is 3.38. The highest BCUT2D eigenvalue weighted by Gasteiger charge is 2.29. The zero-order valence-electron chi connectivity index (χ0n) is 11.2. The molecule has 104 valence electrons. The minimum absolute atomic E-state index is 0.269. The number of nitrogens with zero attached hydrogens (tertiary/aromatic N) is 2. The molecule has 0 aliphatic carbocycles. The lowest BCUT2D eigenvalue weighted by Crippen LogP contribution is -2.42. The summed E-state index contributed by atoms with van der Waals surface area (Å²) in [6.45, 7) is 1.45. The molecule has 0 atom stereocenters. The third-order valence-electron chi connectivity index (χ3n) is 3.85. The molecule has 1 saturated heterocycles. The van der Waals surface area contributed by atoms with E-state index in [1.807, 2.05) is 12.1 Å². The molecule has 1 fully saturated rings. The topological polar surface area (TPSA) is 87.0 Å². The van der Waals surface area contributed by atoms with Gasteiger partial charge >= 0.3 is 0 Å². The van der Waals surface area contributed by atoms with Crippen LogP contribution in [0.2, 0.25) is 0 Å². The van der Waals surface area contributed by atoms with Crippen LogP contribution in [-0.4, -0.2) is 23.2 Å². The van der Waals surface area contributed by atoms with Crippen LogP contribution in [-0.2, 0) is 10.3 Å². The third-order valence-corrected chi connectivity index (χ3v) is 3.85. The Morgan fingerprint density at radius 3 is 2.15 bits per heavy atom. The fraction of sp³-hybridized carbons (Fsp3) is 0.333. The van der Waals surface area contributed by atoms with Crippen molar-refractivity contribution in [2.45, 2.75) is 18.4 Å². The predicted molar refractivity (Wildman–Crippen MR) is 77.8 cm³/mol. The Morgan fingerprint density at radius 1 is 0.950 bits per heavy atom. The van der Waals surface area contributed by atoms with Crippen LogP contribution >= 0.6 is 0 Å². The van der Waals surface area contributed by atoms with Crippen molar-refractivity contribution in [3.63, 3.8) is 0 Å². The minimum Gasteiger partial charge on any atom is -0.381 e. The summed E-state index contributed by atoms with van der Waals surface area (Å²) >= 11 is 0. The molecular weight excluding hydrogens is 252 g/mol. The van der Waals surface area contributed by atoms with Gasteiger partial charge in [-0.25, -0.2) is 9.97 Å². The van der Waals surface area contributed by atoms with E-state index in [-0.39, 0.29) is 11.5 Å². The van der Waals surface area contributed by atoms with Crippen LogP contribution in [0.15, 0.2) is 36.7 Å². The summed E-state index contributed by atoms with van der Waals surface area (Å²) in [5.41, 5.74) is 14.9. The molecule has 1 aromatic carbocycles. The average Bonchev–Trinajstić information content (AvgIpc) is 2.49. The van der Waals surface area contributed by atoms with Crippen LogP contribution < -0.4 is 11.5 Å². The molecule has 1 aromatic heterocycles.